The van der Waals surface area contributed by atoms with Crippen molar-refractivity contribution in [3.05, 3.63) is 22.7 Å². The first-order valence-corrected chi connectivity index (χ1v) is 6.73. The minimum atomic E-state index is 0.553. The van der Waals surface area contributed by atoms with Crippen LogP contribution in [0.2, 0.25) is 5.02 Å². The van der Waals surface area contributed by atoms with Crippen molar-refractivity contribution in [2.45, 2.75) is 19.0 Å². The second kappa shape index (κ2) is 5.34. The topological polar surface area (TPSA) is 42.5 Å². The lowest BCUT2D eigenvalue weighted by molar-refractivity contribution is 0.171. The van der Waals surface area contributed by atoms with Crippen LogP contribution in [0.15, 0.2) is 12.1 Å². The fourth-order valence-electron chi connectivity index (χ4n) is 2.36. The Morgan fingerprint density at radius 1 is 1.33 bits per heavy atom. The zero-order valence-electron chi connectivity index (χ0n) is 10.2. The molecule has 2 aliphatic rings. The first-order chi connectivity index (χ1) is 8.83. The quantitative estimate of drug-likeness (QED) is 0.873. The fourth-order valence-corrected chi connectivity index (χ4v) is 2.65. The molecule has 3 rings (SSSR count). The number of hydrogen-bond acceptors (Lipinski definition) is 4. The molecule has 2 aliphatic heterocycles. The molecular weight excluding hydrogens is 252 g/mol. The molecule has 1 saturated heterocycles. The lowest BCUT2D eigenvalue weighted by Crippen LogP contribution is -2.30. The third-order valence-electron chi connectivity index (χ3n) is 3.31. The molecule has 0 aliphatic carbocycles. The van der Waals surface area contributed by atoms with Gasteiger partial charge in [-0.15, -0.1) is 0 Å². The van der Waals surface area contributed by atoms with Gasteiger partial charge in [0.05, 0.1) is 5.02 Å². The van der Waals surface area contributed by atoms with E-state index in [0.717, 1.165) is 30.9 Å². The molecule has 5 heteroatoms. The van der Waals surface area contributed by atoms with Crippen molar-refractivity contribution in [2.75, 3.05) is 26.3 Å². The van der Waals surface area contributed by atoms with Gasteiger partial charge in [-0.05, 0) is 30.7 Å². The monoisotopic (exact) mass is 268 g/mol. The molecule has 1 atom stereocenters. The van der Waals surface area contributed by atoms with Crippen molar-refractivity contribution in [2.24, 2.45) is 0 Å². The number of nitrogens with one attached hydrogen (secondary N) is 2. The van der Waals surface area contributed by atoms with E-state index >= 15 is 0 Å². The van der Waals surface area contributed by atoms with Crippen LogP contribution in [-0.4, -0.2) is 32.3 Å². The molecule has 4 nitrogen and oxygen atoms in total. The Morgan fingerprint density at radius 2 is 2.22 bits per heavy atom. The number of benzene rings is 1. The highest BCUT2D eigenvalue weighted by Gasteiger charge is 2.18. The van der Waals surface area contributed by atoms with Crippen molar-refractivity contribution in [1.82, 2.24) is 10.6 Å². The third-order valence-corrected chi connectivity index (χ3v) is 3.59. The first-order valence-electron chi connectivity index (χ1n) is 6.35. The second-order valence-electron chi connectivity index (χ2n) is 4.67. The normalized spacial score (nSPS) is 22.2. The molecule has 0 bridgehead atoms. The van der Waals surface area contributed by atoms with Crippen LogP contribution < -0.4 is 20.1 Å². The van der Waals surface area contributed by atoms with Crippen molar-refractivity contribution in [3.8, 4) is 11.5 Å². The van der Waals surface area contributed by atoms with Crippen LogP contribution in [0.3, 0.4) is 0 Å². The average molecular weight is 269 g/mol. The van der Waals surface area contributed by atoms with Crippen molar-refractivity contribution < 1.29 is 9.47 Å². The number of rotatable bonds is 3. The predicted molar refractivity (Wildman–Crippen MR) is 70.6 cm³/mol. The van der Waals surface area contributed by atoms with E-state index in [0.29, 0.717) is 30.0 Å². The maximum atomic E-state index is 6.20. The van der Waals surface area contributed by atoms with E-state index in [1.54, 1.807) is 0 Å². The highest BCUT2D eigenvalue weighted by atomic mass is 35.5. The zero-order valence-corrected chi connectivity index (χ0v) is 10.9. The van der Waals surface area contributed by atoms with E-state index in [1.165, 1.54) is 6.42 Å². The van der Waals surface area contributed by atoms with Crippen LogP contribution >= 0.6 is 11.6 Å². The minimum Gasteiger partial charge on any atom is -0.486 e. The van der Waals surface area contributed by atoms with E-state index in [4.69, 9.17) is 21.1 Å². The van der Waals surface area contributed by atoms with Gasteiger partial charge in [-0.1, -0.05) is 11.6 Å². The van der Waals surface area contributed by atoms with Crippen LogP contribution in [0.5, 0.6) is 11.5 Å². The summed E-state index contributed by atoms with van der Waals surface area (Å²) in [6.45, 7) is 4.10. The lowest BCUT2D eigenvalue weighted by atomic mass is 10.1. The summed E-state index contributed by atoms with van der Waals surface area (Å²) in [5.41, 5.74) is 1.14. The molecule has 18 heavy (non-hydrogen) atoms. The van der Waals surface area contributed by atoms with Gasteiger partial charge in [0.2, 0.25) is 0 Å². The SMILES string of the molecule is Clc1cc(CNC2CCNC2)cc2c1OCCO2. The summed E-state index contributed by atoms with van der Waals surface area (Å²) in [5.74, 6) is 1.43. The summed E-state index contributed by atoms with van der Waals surface area (Å²) in [6, 6.07) is 4.51. The number of fused-ring (bicyclic) bond motifs is 1. The lowest BCUT2D eigenvalue weighted by Gasteiger charge is -2.20. The van der Waals surface area contributed by atoms with Gasteiger partial charge in [0.15, 0.2) is 11.5 Å². The van der Waals surface area contributed by atoms with Gasteiger partial charge in [0, 0.05) is 19.1 Å². The van der Waals surface area contributed by atoms with Gasteiger partial charge in [-0.3, -0.25) is 0 Å². The first kappa shape index (κ1) is 12.1. The number of halogens is 1. The fraction of sp³-hybridized carbons (Fsp3) is 0.538. The number of hydrogen-bond donors (Lipinski definition) is 2. The van der Waals surface area contributed by atoms with Gasteiger partial charge in [-0.2, -0.15) is 0 Å². The molecule has 1 unspecified atom stereocenters. The van der Waals surface area contributed by atoms with Gasteiger partial charge in [0.1, 0.15) is 13.2 Å². The van der Waals surface area contributed by atoms with E-state index in [1.807, 2.05) is 12.1 Å². The molecule has 0 spiro atoms. The standard InChI is InChI=1S/C13H17ClN2O2/c14-11-5-9(7-16-10-1-2-15-8-10)6-12-13(11)18-4-3-17-12/h5-6,10,15-16H,1-4,7-8H2. The summed E-state index contributed by atoms with van der Waals surface area (Å²) >= 11 is 6.20. The molecule has 0 amide bonds. The summed E-state index contributed by atoms with van der Waals surface area (Å²) < 4.78 is 11.1. The largest absolute Gasteiger partial charge is 0.486 e. The summed E-state index contributed by atoms with van der Waals surface area (Å²) in [7, 11) is 0. The van der Waals surface area contributed by atoms with Gasteiger partial charge >= 0.3 is 0 Å². The molecule has 0 saturated carbocycles. The Morgan fingerprint density at radius 3 is 3.06 bits per heavy atom. The molecule has 0 aromatic heterocycles. The average Bonchev–Trinajstić information content (AvgIpc) is 2.90. The molecule has 2 N–H and O–H groups in total. The summed E-state index contributed by atoms with van der Waals surface area (Å²) in [4.78, 5) is 0. The van der Waals surface area contributed by atoms with Gasteiger partial charge < -0.3 is 20.1 Å². The highest BCUT2D eigenvalue weighted by molar-refractivity contribution is 6.32. The Balaban J connectivity index is 1.70. The van der Waals surface area contributed by atoms with Crippen molar-refractivity contribution in [1.29, 1.82) is 0 Å². The van der Waals surface area contributed by atoms with Crippen LogP contribution in [0, 0.1) is 0 Å². The third kappa shape index (κ3) is 2.55. The van der Waals surface area contributed by atoms with Crippen LogP contribution in [0.25, 0.3) is 0 Å². The molecule has 1 fully saturated rings. The Bertz CT molecular complexity index is 433. The Kier molecular flexibility index (Phi) is 3.59. The maximum absolute atomic E-state index is 6.20. The molecule has 98 valence electrons. The smallest absolute Gasteiger partial charge is 0.179 e. The molecule has 0 radical (unpaired) electrons. The van der Waals surface area contributed by atoms with E-state index in [9.17, 15) is 0 Å². The molecule has 2 heterocycles. The minimum absolute atomic E-state index is 0.553. The zero-order chi connectivity index (χ0) is 12.4. The second-order valence-corrected chi connectivity index (χ2v) is 5.08. The van der Waals surface area contributed by atoms with Crippen LogP contribution in [0.4, 0.5) is 0 Å². The summed E-state index contributed by atoms with van der Waals surface area (Å²) in [5, 5.41) is 7.48. The predicted octanol–water partition coefficient (Wildman–Crippen LogP) is 1.56. The summed E-state index contributed by atoms with van der Waals surface area (Å²) in [6.07, 6.45) is 1.18. The molecule has 1 aromatic carbocycles. The van der Waals surface area contributed by atoms with Gasteiger partial charge in [-0.25, -0.2) is 0 Å². The number of ether oxygens (including phenoxy) is 2. The van der Waals surface area contributed by atoms with E-state index in [-0.39, 0.29) is 0 Å². The van der Waals surface area contributed by atoms with Gasteiger partial charge in [0.25, 0.3) is 0 Å². The van der Waals surface area contributed by atoms with Crippen LogP contribution in [0.1, 0.15) is 12.0 Å². The van der Waals surface area contributed by atoms with Crippen LogP contribution in [-0.2, 0) is 6.54 Å². The van der Waals surface area contributed by atoms with Crippen molar-refractivity contribution in [3.63, 3.8) is 0 Å². The molecule has 1 aromatic rings. The Hall–Kier alpha value is -0.970. The maximum Gasteiger partial charge on any atom is 0.179 e. The van der Waals surface area contributed by atoms with Crippen molar-refractivity contribution >= 4 is 11.6 Å². The van der Waals surface area contributed by atoms with E-state index in [2.05, 4.69) is 10.6 Å². The molecular formula is C13H17ClN2O2. The van der Waals surface area contributed by atoms with E-state index < -0.39 is 0 Å². The Labute approximate surface area is 112 Å². The highest BCUT2D eigenvalue weighted by Crippen LogP contribution is 2.38.